The maximum absolute atomic E-state index is 13.4. The second-order valence-electron chi connectivity index (χ2n) is 8.02. The number of rotatable bonds is 5. The molecule has 174 valence electrons. The van der Waals surface area contributed by atoms with Gasteiger partial charge in [0.1, 0.15) is 0 Å². The normalized spacial score (nSPS) is 18.4. The first-order chi connectivity index (χ1) is 16.4. The van der Waals surface area contributed by atoms with Crippen molar-refractivity contribution in [1.82, 2.24) is 10.2 Å². The molecule has 3 aromatic rings. The molecule has 1 atom stereocenters. The number of aromatic nitrogens is 2. The van der Waals surface area contributed by atoms with Crippen LogP contribution in [0.15, 0.2) is 58.1 Å². The molecule has 34 heavy (non-hydrogen) atoms. The van der Waals surface area contributed by atoms with E-state index < -0.39 is 5.92 Å². The van der Waals surface area contributed by atoms with E-state index in [-0.39, 0.29) is 18.1 Å². The third kappa shape index (κ3) is 4.64. The van der Waals surface area contributed by atoms with Crippen molar-refractivity contribution >= 4 is 74.7 Å². The van der Waals surface area contributed by atoms with Gasteiger partial charge < -0.3 is 0 Å². The van der Waals surface area contributed by atoms with E-state index in [2.05, 4.69) is 10.2 Å². The predicted octanol–water partition coefficient (Wildman–Crippen LogP) is 7.32. The first-order valence-electron chi connectivity index (χ1n) is 10.7. The van der Waals surface area contributed by atoms with Gasteiger partial charge in [-0.05, 0) is 42.2 Å². The summed E-state index contributed by atoms with van der Waals surface area (Å²) in [5.74, 6) is 0.181. The molecule has 1 unspecified atom stereocenters. The fourth-order valence-corrected chi connectivity index (χ4v) is 7.08. The Hall–Kier alpha value is -1.90. The SMILES string of the molecule is O=C1CCCC2=C1C(c1ccc(Cl)cc1Cl)CC(=O)N2c1nnc(SCc2ccccc2Cl)s1. The summed E-state index contributed by atoms with van der Waals surface area (Å²) in [6.45, 7) is 0. The number of benzene rings is 2. The van der Waals surface area contributed by atoms with Crippen LogP contribution in [0.25, 0.3) is 0 Å². The van der Waals surface area contributed by atoms with E-state index in [0.29, 0.717) is 56.5 Å². The van der Waals surface area contributed by atoms with Crippen LogP contribution >= 0.6 is 57.9 Å². The maximum atomic E-state index is 13.4. The molecular formula is C24H18Cl3N3O2S2. The van der Waals surface area contributed by atoms with E-state index in [4.69, 9.17) is 34.8 Å². The maximum Gasteiger partial charge on any atom is 0.234 e. The molecule has 1 aliphatic carbocycles. The molecule has 5 nitrogen and oxygen atoms in total. The van der Waals surface area contributed by atoms with Crippen molar-refractivity contribution in [3.8, 4) is 0 Å². The third-order valence-corrected chi connectivity index (χ3v) is 8.93. The number of anilines is 1. The highest BCUT2D eigenvalue weighted by atomic mass is 35.5. The number of hydrogen-bond acceptors (Lipinski definition) is 6. The Kier molecular flexibility index (Phi) is 7.00. The molecule has 1 aliphatic heterocycles. The molecule has 0 radical (unpaired) electrons. The van der Waals surface area contributed by atoms with Crippen molar-refractivity contribution in [2.75, 3.05) is 4.90 Å². The highest BCUT2D eigenvalue weighted by Crippen LogP contribution is 2.46. The molecular weight excluding hydrogens is 533 g/mol. The van der Waals surface area contributed by atoms with Crippen LogP contribution < -0.4 is 4.90 Å². The van der Waals surface area contributed by atoms with E-state index in [1.807, 2.05) is 24.3 Å². The van der Waals surface area contributed by atoms with E-state index >= 15 is 0 Å². The first kappa shape index (κ1) is 23.8. The molecule has 10 heteroatoms. The monoisotopic (exact) mass is 549 g/mol. The van der Waals surface area contributed by atoms with Gasteiger partial charge in [0.15, 0.2) is 10.1 Å². The zero-order valence-electron chi connectivity index (χ0n) is 17.8. The topological polar surface area (TPSA) is 63.2 Å². The van der Waals surface area contributed by atoms with Gasteiger partial charge >= 0.3 is 0 Å². The second kappa shape index (κ2) is 9.99. The van der Waals surface area contributed by atoms with Gasteiger partial charge in [0.05, 0.1) is 0 Å². The van der Waals surface area contributed by atoms with Gasteiger partial charge in [-0.3, -0.25) is 14.5 Å². The summed E-state index contributed by atoms with van der Waals surface area (Å²) in [5, 5.41) is 10.7. The van der Waals surface area contributed by atoms with Crippen LogP contribution in [0.2, 0.25) is 15.1 Å². The van der Waals surface area contributed by atoms with Crippen LogP contribution in [0, 0.1) is 0 Å². The molecule has 0 saturated heterocycles. The number of carbonyl (C=O) groups is 2. The quantitative estimate of drug-likeness (QED) is 0.246. The Labute approximate surface area is 220 Å². The lowest BCUT2D eigenvalue weighted by Crippen LogP contribution is -2.40. The van der Waals surface area contributed by atoms with Crippen molar-refractivity contribution in [1.29, 1.82) is 0 Å². The summed E-state index contributed by atoms with van der Waals surface area (Å²) in [4.78, 5) is 28.0. The summed E-state index contributed by atoms with van der Waals surface area (Å²) in [6, 6.07) is 12.8. The number of thioether (sulfide) groups is 1. The Morgan fingerprint density at radius 1 is 1.03 bits per heavy atom. The molecule has 1 amide bonds. The average Bonchev–Trinajstić information content (AvgIpc) is 3.26. The molecule has 2 aliphatic rings. The van der Waals surface area contributed by atoms with Gasteiger partial charge in [0.2, 0.25) is 11.0 Å². The van der Waals surface area contributed by atoms with Crippen molar-refractivity contribution in [2.24, 2.45) is 0 Å². The Morgan fingerprint density at radius 3 is 2.65 bits per heavy atom. The van der Waals surface area contributed by atoms with E-state index in [0.717, 1.165) is 15.5 Å². The van der Waals surface area contributed by atoms with Gasteiger partial charge in [-0.15, -0.1) is 10.2 Å². The number of carbonyl (C=O) groups excluding carboxylic acids is 2. The van der Waals surface area contributed by atoms with Gasteiger partial charge in [0.25, 0.3) is 0 Å². The van der Waals surface area contributed by atoms with Crippen molar-refractivity contribution in [3.63, 3.8) is 0 Å². The van der Waals surface area contributed by atoms with Crippen LogP contribution in [0.1, 0.15) is 42.7 Å². The number of hydrogen-bond donors (Lipinski definition) is 0. The Morgan fingerprint density at radius 2 is 1.85 bits per heavy atom. The molecule has 0 N–H and O–H groups in total. The van der Waals surface area contributed by atoms with Gasteiger partial charge in [0, 0.05) is 50.9 Å². The third-order valence-electron chi connectivity index (χ3n) is 5.91. The lowest BCUT2D eigenvalue weighted by molar-refractivity contribution is -0.119. The molecule has 0 fully saturated rings. The molecule has 1 aromatic heterocycles. The minimum Gasteiger partial charge on any atom is -0.294 e. The lowest BCUT2D eigenvalue weighted by Gasteiger charge is -2.37. The Bertz CT molecular complexity index is 1320. The fourth-order valence-electron chi connectivity index (χ4n) is 4.37. The smallest absolute Gasteiger partial charge is 0.234 e. The number of amides is 1. The number of Topliss-reactive ketones (excluding diaryl/α,β-unsaturated/α-hetero) is 1. The Balaban J connectivity index is 1.47. The van der Waals surface area contributed by atoms with Crippen LogP contribution in [-0.4, -0.2) is 21.9 Å². The van der Waals surface area contributed by atoms with Gasteiger partial charge in [-0.2, -0.15) is 0 Å². The van der Waals surface area contributed by atoms with Crippen molar-refractivity contribution in [3.05, 3.63) is 79.9 Å². The summed E-state index contributed by atoms with van der Waals surface area (Å²) >= 11 is 21.6. The molecule has 2 heterocycles. The predicted molar refractivity (Wildman–Crippen MR) is 138 cm³/mol. The highest BCUT2D eigenvalue weighted by molar-refractivity contribution is 8.00. The standard InChI is InChI=1S/C24H18Cl3N3O2S2/c25-14-8-9-15(18(27)10-14)16-11-21(32)30(19-6-3-7-20(31)22(16)19)23-28-29-24(34-23)33-12-13-4-1-2-5-17(13)26/h1-2,4-5,8-10,16H,3,6-7,11-12H2. The van der Waals surface area contributed by atoms with Gasteiger partial charge in [-0.25, -0.2) is 0 Å². The molecule has 0 saturated carbocycles. The zero-order valence-corrected chi connectivity index (χ0v) is 21.7. The average molecular weight is 551 g/mol. The van der Waals surface area contributed by atoms with Gasteiger partial charge in [-0.1, -0.05) is 82.2 Å². The second-order valence-corrected chi connectivity index (χ2v) is 11.4. The summed E-state index contributed by atoms with van der Waals surface area (Å²) < 4.78 is 0.731. The number of ketones is 1. The number of allylic oxidation sites excluding steroid dienone is 2. The zero-order chi connectivity index (χ0) is 23.8. The van der Waals surface area contributed by atoms with Crippen LogP contribution in [0.5, 0.6) is 0 Å². The fraction of sp³-hybridized carbons (Fsp3) is 0.250. The minimum absolute atomic E-state index is 0.0487. The van der Waals surface area contributed by atoms with E-state index in [1.165, 1.54) is 23.1 Å². The lowest BCUT2D eigenvalue weighted by atomic mass is 9.77. The van der Waals surface area contributed by atoms with Crippen LogP contribution in [0.4, 0.5) is 5.13 Å². The van der Waals surface area contributed by atoms with E-state index in [9.17, 15) is 9.59 Å². The van der Waals surface area contributed by atoms with E-state index in [1.54, 1.807) is 23.1 Å². The summed E-state index contributed by atoms with van der Waals surface area (Å²) in [6.07, 6.45) is 1.90. The van der Waals surface area contributed by atoms with Crippen molar-refractivity contribution in [2.45, 2.75) is 41.7 Å². The highest BCUT2D eigenvalue weighted by Gasteiger charge is 2.41. The molecule has 0 bridgehead atoms. The summed E-state index contributed by atoms with van der Waals surface area (Å²) in [7, 11) is 0. The first-order valence-corrected chi connectivity index (χ1v) is 13.6. The molecule has 5 rings (SSSR count). The summed E-state index contributed by atoms with van der Waals surface area (Å²) in [5.41, 5.74) is 3.11. The van der Waals surface area contributed by atoms with Crippen molar-refractivity contribution < 1.29 is 9.59 Å². The minimum atomic E-state index is -0.390. The molecule has 2 aromatic carbocycles. The molecule has 0 spiro atoms. The van der Waals surface area contributed by atoms with Crippen LogP contribution in [0.3, 0.4) is 0 Å². The number of halogens is 3. The van der Waals surface area contributed by atoms with Crippen LogP contribution in [-0.2, 0) is 15.3 Å². The number of nitrogens with zero attached hydrogens (tertiary/aromatic N) is 3. The largest absolute Gasteiger partial charge is 0.294 e.